The second kappa shape index (κ2) is 5.66. The third-order valence-electron chi connectivity index (χ3n) is 4.66. The first-order chi connectivity index (χ1) is 9.65. The van der Waals surface area contributed by atoms with E-state index in [1.807, 2.05) is 12.1 Å². The Morgan fingerprint density at radius 2 is 2.20 bits per heavy atom. The van der Waals surface area contributed by atoms with Crippen LogP contribution in [-0.4, -0.2) is 47.6 Å². The minimum absolute atomic E-state index is 0.374. The molecule has 0 aliphatic carbocycles. The van der Waals surface area contributed by atoms with Gasteiger partial charge in [0.25, 0.3) is 0 Å². The Balaban J connectivity index is 1.76. The Bertz CT molecular complexity index is 504. The van der Waals surface area contributed by atoms with E-state index in [1.54, 1.807) is 0 Å². The summed E-state index contributed by atoms with van der Waals surface area (Å²) >= 11 is 5.02. The summed E-state index contributed by atoms with van der Waals surface area (Å²) in [5.74, 6) is 1.78. The number of pyridine rings is 1. The van der Waals surface area contributed by atoms with Gasteiger partial charge in [-0.15, -0.1) is 0 Å². The molecular weight excluding hydrogens is 268 g/mol. The number of piperidine rings is 2. The number of hydrogen-bond acceptors (Lipinski definition) is 4. The van der Waals surface area contributed by atoms with E-state index in [0.717, 1.165) is 36.6 Å². The van der Waals surface area contributed by atoms with E-state index in [-0.39, 0.29) is 0 Å². The van der Waals surface area contributed by atoms with Gasteiger partial charge in [0.1, 0.15) is 10.8 Å². The van der Waals surface area contributed by atoms with Crippen LogP contribution in [0, 0.1) is 5.92 Å². The highest BCUT2D eigenvalue weighted by atomic mass is 32.1. The third-order valence-corrected chi connectivity index (χ3v) is 4.87. The van der Waals surface area contributed by atoms with Crippen molar-refractivity contribution < 1.29 is 0 Å². The van der Waals surface area contributed by atoms with Crippen LogP contribution in [0.1, 0.15) is 25.0 Å². The summed E-state index contributed by atoms with van der Waals surface area (Å²) in [7, 11) is 2.26. The van der Waals surface area contributed by atoms with Gasteiger partial charge >= 0.3 is 0 Å². The summed E-state index contributed by atoms with van der Waals surface area (Å²) in [6.07, 6.45) is 3.87. The van der Waals surface area contributed by atoms with Gasteiger partial charge in [0.2, 0.25) is 0 Å². The lowest BCUT2D eigenvalue weighted by Crippen LogP contribution is -2.52. The molecule has 0 saturated carbocycles. The van der Waals surface area contributed by atoms with Crippen molar-refractivity contribution in [3.63, 3.8) is 0 Å². The summed E-state index contributed by atoms with van der Waals surface area (Å²) < 4.78 is 0. The lowest BCUT2D eigenvalue weighted by Gasteiger charge is -2.46. The van der Waals surface area contributed by atoms with Gasteiger partial charge in [-0.05, 0) is 50.9 Å². The average molecular weight is 290 g/mol. The number of hydrogen-bond donors (Lipinski definition) is 1. The van der Waals surface area contributed by atoms with E-state index < -0.39 is 0 Å². The lowest BCUT2D eigenvalue weighted by atomic mass is 9.84. The molecule has 2 N–H and O–H groups in total. The molecule has 4 nitrogen and oxygen atoms in total. The zero-order valence-corrected chi connectivity index (χ0v) is 12.8. The van der Waals surface area contributed by atoms with Crippen LogP contribution < -0.4 is 10.6 Å². The molecule has 0 bridgehead atoms. The van der Waals surface area contributed by atoms with Crippen LogP contribution in [0.5, 0.6) is 0 Å². The van der Waals surface area contributed by atoms with Crippen molar-refractivity contribution in [1.29, 1.82) is 0 Å². The first-order valence-electron chi connectivity index (χ1n) is 7.37. The van der Waals surface area contributed by atoms with Gasteiger partial charge in [-0.3, -0.25) is 0 Å². The minimum Gasteiger partial charge on any atom is -0.388 e. The number of nitrogens with zero attached hydrogens (tertiary/aromatic N) is 3. The van der Waals surface area contributed by atoms with Crippen LogP contribution in [0.4, 0.5) is 5.82 Å². The second-order valence-electron chi connectivity index (χ2n) is 5.93. The van der Waals surface area contributed by atoms with Crippen molar-refractivity contribution in [3.05, 3.63) is 23.9 Å². The van der Waals surface area contributed by atoms with E-state index in [0.29, 0.717) is 4.99 Å². The predicted octanol–water partition coefficient (Wildman–Crippen LogP) is 1.64. The molecule has 108 valence electrons. The van der Waals surface area contributed by atoms with E-state index in [2.05, 4.69) is 27.9 Å². The quantitative estimate of drug-likeness (QED) is 0.839. The van der Waals surface area contributed by atoms with Crippen LogP contribution >= 0.6 is 12.2 Å². The molecular formula is C15H22N4S. The molecule has 3 rings (SSSR count). The summed E-state index contributed by atoms with van der Waals surface area (Å²) in [5.41, 5.74) is 6.40. The molecule has 2 aliphatic rings. The Kier molecular flexibility index (Phi) is 3.89. The molecule has 2 aliphatic heterocycles. The molecule has 0 amide bonds. The number of anilines is 1. The maximum absolute atomic E-state index is 5.68. The Labute approximate surface area is 126 Å². The molecule has 2 atom stereocenters. The standard InChI is InChI=1S/C15H22N4S/c1-18-8-3-4-11-10-19(9-7-13(11)18)14-6-2-5-12(17-14)15(16)20/h2,5-6,11,13H,3-4,7-10H2,1H3,(H2,16,20). The van der Waals surface area contributed by atoms with Crippen molar-refractivity contribution in [1.82, 2.24) is 9.88 Å². The lowest BCUT2D eigenvalue weighted by molar-refractivity contribution is 0.102. The molecule has 0 radical (unpaired) electrons. The first-order valence-corrected chi connectivity index (χ1v) is 7.78. The normalized spacial score (nSPS) is 27.1. The molecule has 1 aromatic rings. The summed E-state index contributed by atoms with van der Waals surface area (Å²) in [6.45, 7) is 3.42. The van der Waals surface area contributed by atoms with Gasteiger partial charge in [-0.25, -0.2) is 4.98 Å². The van der Waals surface area contributed by atoms with Gasteiger partial charge in [0.05, 0.1) is 5.69 Å². The zero-order valence-electron chi connectivity index (χ0n) is 12.0. The molecule has 20 heavy (non-hydrogen) atoms. The van der Waals surface area contributed by atoms with Gasteiger partial charge in [0, 0.05) is 19.1 Å². The Morgan fingerprint density at radius 3 is 3.00 bits per heavy atom. The molecule has 0 aromatic carbocycles. The van der Waals surface area contributed by atoms with Crippen LogP contribution in [0.25, 0.3) is 0 Å². The third kappa shape index (κ3) is 2.65. The zero-order chi connectivity index (χ0) is 14.1. The Hall–Kier alpha value is -1.20. The van der Waals surface area contributed by atoms with Gasteiger partial charge < -0.3 is 15.5 Å². The van der Waals surface area contributed by atoms with Crippen molar-refractivity contribution in [3.8, 4) is 0 Å². The first kappa shape index (κ1) is 13.8. The van der Waals surface area contributed by atoms with Gasteiger partial charge in [-0.2, -0.15) is 0 Å². The largest absolute Gasteiger partial charge is 0.388 e. The van der Waals surface area contributed by atoms with Crippen LogP contribution in [-0.2, 0) is 0 Å². The fourth-order valence-electron chi connectivity index (χ4n) is 3.60. The highest BCUT2D eigenvalue weighted by Crippen LogP contribution is 2.31. The number of likely N-dealkylation sites (tertiary alicyclic amines) is 1. The van der Waals surface area contributed by atoms with E-state index in [1.165, 1.54) is 25.8 Å². The van der Waals surface area contributed by atoms with Crippen molar-refractivity contribution in [2.45, 2.75) is 25.3 Å². The molecule has 2 saturated heterocycles. The molecule has 2 unspecified atom stereocenters. The van der Waals surface area contributed by atoms with E-state index in [4.69, 9.17) is 18.0 Å². The maximum atomic E-state index is 5.68. The number of rotatable bonds is 2. The molecule has 5 heteroatoms. The van der Waals surface area contributed by atoms with Gasteiger partial charge in [0.15, 0.2) is 0 Å². The molecule has 1 aromatic heterocycles. The van der Waals surface area contributed by atoms with Crippen molar-refractivity contribution >= 4 is 23.0 Å². The fourth-order valence-corrected chi connectivity index (χ4v) is 3.71. The summed E-state index contributed by atoms with van der Waals surface area (Å²) in [6, 6.07) is 6.69. The number of aromatic nitrogens is 1. The summed E-state index contributed by atoms with van der Waals surface area (Å²) in [5, 5.41) is 0. The summed E-state index contributed by atoms with van der Waals surface area (Å²) in [4.78, 5) is 9.90. The van der Waals surface area contributed by atoms with Crippen molar-refractivity contribution in [2.24, 2.45) is 11.7 Å². The number of fused-ring (bicyclic) bond motifs is 1. The van der Waals surface area contributed by atoms with Crippen LogP contribution in [0.2, 0.25) is 0 Å². The van der Waals surface area contributed by atoms with Crippen LogP contribution in [0.3, 0.4) is 0 Å². The van der Waals surface area contributed by atoms with E-state index >= 15 is 0 Å². The topological polar surface area (TPSA) is 45.4 Å². The Morgan fingerprint density at radius 1 is 1.35 bits per heavy atom. The fraction of sp³-hybridized carbons (Fsp3) is 0.600. The monoisotopic (exact) mass is 290 g/mol. The second-order valence-corrected chi connectivity index (χ2v) is 6.37. The highest BCUT2D eigenvalue weighted by Gasteiger charge is 2.34. The minimum atomic E-state index is 0.374. The highest BCUT2D eigenvalue weighted by molar-refractivity contribution is 7.80. The van der Waals surface area contributed by atoms with Crippen LogP contribution in [0.15, 0.2) is 18.2 Å². The molecule has 3 heterocycles. The molecule has 0 spiro atoms. The average Bonchev–Trinajstić information content (AvgIpc) is 2.47. The molecule has 2 fully saturated rings. The predicted molar refractivity (Wildman–Crippen MR) is 86.1 cm³/mol. The van der Waals surface area contributed by atoms with Gasteiger partial charge in [-0.1, -0.05) is 18.3 Å². The SMILES string of the molecule is CN1CCCC2CN(c3cccc(C(N)=S)n3)CCC21. The smallest absolute Gasteiger partial charge is 0.129 e. The number of nitrogens with two attached hydrogens (primary N) is 1. The number of thiocarbonyl (C=S) groups is 1. The van der Waals surface area contributed by atoms with E-state index in [9.17, 15) is 0 Å². The maximum Gasteiger partial charge on any atom is 0.129 e. The van der Waals surface area contributed by atoms with Crippen molar-refractivity contribution in [2.75, 3.05) is 31.6 Å².